The number of hydrogen-bond acceptors (Lipinski definition) is 2. The fraction of sp³-hybridized carbons (Fsp3) is 0.581. The smallest absolute Gasteiger partial charge is 0.230 e. The van der Waals surface area contributed by atoms with Gasteiger partial charge < -0.3 is 10.2 Å². The van der Waals surface area contributed by atoms with Crippen LogP contribution in [0.15, 0.2) is 48.5 Å². The van der Waals surface area contributed by atoms with E-state index in [1.165, 1.54) is 67.4 Å². The van der Waals surface area contributed by atoms with Gasteiger partial charge in [0.1, 0.15) is 0 Å². The van der Waals surface area contributed by atoms with Crippen LogP contribution in [0.2, 0.25) is 0 Å². The molecule has 34 heavy (non-hydrogen) atoms. The van der Waals surface area contributed by atoms with Crippen LogP contribution < -0.4 is 5.32 Å². The zero-order chi connectivity index (χ0) is 23.4. The number of benzene rings is 2. The Morgan fingerprint density at radius 1 is 0.853 bits per heavy atom. The summed E-state index contributed by atoms with van der Waals surface area (Å²) in [6.07, 6.45) is 14.2. The van der Waals surface area contributed by atoms with E-state index >= 15 is 0 Å². The van der Waals surface area contributed by atoms with E-state index in [2.05, 4.69) is 65.7 Å². The van der Waals surface area contributed by atoms with Crippen molar-refractivity contribution in [3.63, 3.8) is 0 Å². The van der Waals surface area contributed by atoms with Crippen LogP contribution in [-0.4, -0.2) is 36.0 Å². The van der Waals surface area contributed by atoms with Gasteiger partial charge in [0.05, 0.1) is 5.41 Å². The minimum atomic E-state index is -0.327. The number of nitrogens with one attached hydrogen (secondary N) is 1. The van der Waals surface area contributed by atoms with Gasteiger partial charge in [0.2, 0.25) is 5.91 Å². The summed E-state index contributed by atoms with van der Waals surface area (Å²) in [5.74, 6) is 0.279. The standard InChI is InChI=1S/C31H42N2O/c1-24-8-7-22-33(24)23-19-25-11-13-26(14-12-25)27-15-17-28(18-16-27)31(20-5-6-21-31)30(34)32-29-9-3-2-4-10-29/h11-18,24,29H,2-10,19-23H2,1H3,(H,32,34). The van der Waals surface area contributed by atoms with E-state index in [-0.39, 0.29) is 11.3 Å². The first-order valence-electron chi connectivity index (χ1n) is 13.9. The maximum Gasteiger partial charge on any atom is 0.230 e. The predicted octanol–water partition coefficient (Wildman–Crippen LogP) is 6.64. The average Bonchev–Trinajstić information content (AvgIpc) is 3.54. The zero-order valence-electron chi connectivity index (χ0n) is 21.0. The second kappa shape index (κ2) is 10.6. The largest absolute Gasteiger partial charge is 0.353 e. The highest BCUT2D eigenvalue weighted by Gasteiger charge is 2.43. The molecule has 1 amide bonds. The number of rotatable bonds is 7. The highest BCUT2D eigenvalue weighted by Crippen LogP contribution is 2.42. The van der Waals surface area contributed by atoms with Crippen LogP contribution in [0.5, 0.6) is 0 Å². The third-order valence-electron chi connectivity index (χ3n) is 8.94. The van der Waals surface area contributed by atoms with Gasteiger partial charge in [-0.1, -0.05) is 80.6 Å². The van der Waals surface area contributed by atoms with Gasteiger partial charge in [-0.2, -0.15) is 0 Å². The van der Waals surface area contributed by atoms with Crippen LogP contribution in [0.4, 0.5) is 0 Å². The van der Waals surface area contributed by atoms with E-state index in [4.69, 9.17) is 0 Å². The quantitative estimate of drug-likeness (QED) is 0.504. The summed E-state index contributed by atoms with van der Waals surface area (Å²) in [6, 6.07) is 19.1. The molecule has 1 N–H and O–H groups in total. The molecule has 2 aliphatic carbocycles. The van der Waals surface area contributed by atoms with Gasteiger partial charge in [-0.15, -0.1) is 0 Å². The summed E-state index contributed by atoms with van der Waals surface area (Å²) in [7, 11) is 0. The zero-order valence-corrected chi connectivity index (χ0v) is 21.0. The molecular formula is C31H42N2O. The predicted molar refractivity (Wildman–Crippen MR) is 141 cm³/mol. The second-order valence-electron chi connectivity index (χ2n) is 11.1. The topological polar surface area (TPSA) is 32.3 Å². The number of amides is 1. The lowest BCUT2D eigenvalue weighted by Crippen LogP contribution is -2.47. The Balaban J connectivity index is 1.25. The molecule has 3 aliphatic rings. The van der Waals surface area contributed by atoms with E-state index in [0.29, 0.717) is 6.04 Å². The highest BCUT2D eigenvalue weighted by atomic mass is 16.2. The summed E-state index contributed by atoms with van der Waals surface area (Å²) in [5, 5.41) is 3.45. The van der Waals surface area contributed by atoms with Crippen LogP contribution in [0.25, 0.3) is 11.1 Å². The lowest BCUT2D eigenvalue weighted by atomic mass is 9.77. The van der Waals surface area contributed by atoms with Crippen molar-refractivity contribution in [2.24, 2.45) is 0 Å². The van der Waals surface area contributed by atoms with E-state index in [1.807, 2.05) is 0 Å². The van der Waals surface area contributed by atoms with Crippen molar-refractivity contribution >= 4 is 5.91 Å². The molecular weight excluding hydrogens is 416 g/mol. The van der Waals surface area contributed by atoms with Crippen molar-refractivity contribution < 1.29 is 4.79 Å². The molecule has 0 bridgehead atoms. The van der Waals surface area contributed by atoms with E-state index in [9.17, 15) is 4.79 Å². The molecule has 1 heterocycles. The fourth-order valence-corrected chi connectivity index (χ4v) is 6.64. The lowest BCUT2D eigenvalue weighted by molar-refractivity contribution is -0.127. The van der Waals surface area contributed by atoms with Crippen LogP contribution in [0.3, 0.4) is 0 Å². The Kier molecular flexibility index (Phi) is 7.39. The highest BCUT2D eigenvalue weighted by molar-refractivity contribution is 5.89. The van der Waals surface area contributed by atoms with Crippen LogP contribution in [0.1, 0.15) is 88.7 Å². The van der Waals surface area contributed by atoms with Gasteiger partial charge in [0, 0.05) is 18.6 Å². The third kappa shape index (κ3) is 5.10. The molecule has 2 aromatic rings. The third-order valence-corrected chi connectivity index (χ3v) is 8.94. The lowest BCUT2D eigenvalue weighted by Gasteiger charge is -2.32. The molecule has 0 radical (unpaired) electrons. The van der Waals surface area contributed by atoms with Crippen molar-refractivity contribution in [2.45, 2.75) is 101 Å². The monoisotopic (exact) mass is 458 g/mol. The van der Waals surface area contributed by atoms with Gasteiger partial charge in [0.25, 0.3) is 0 Å². The summed E-state index contributed by atoms with van der Waals surface area (Å²) in [6.45, 7) is 4.78. The molecule has 0 aromatic heterocycles. The molecule has 5 rings (SSSR count). The van der Waals surface area contributed by atoms with Crippen molar-refractivity contribution in [2.75, 3.05) is 13.1 Å². The van der Waals surface area contributed by atoms with Crippen LogP contribution in [0, 0.1) is 0 Å². The molecule has 3 fully saturated rings. The number of carbonyl (C=O) groups excluding carboxylic acids is 1. The van der Waals surface area contributed by atoms with E-state index in [1.54, 1.807) is 0 Å². The average molecular weight is 459 g/mol. The van der Waals surface area contributed by atoms with Gasteiger partial charge >= 0.3 is 0 Å². The molecule has 3 nitrogen and oxygen atoms in total. The Labute approximate surface area is 206 Å². The molecule has 1 unspecified atom stereocenters. The molecule has 2 saturated carbocycles. The van der Waals surface area contributed by atoms with Crippen LogP contribution in [-0.2, 0) is 16.6 Å². The number of likely N-dealkylation sites (tertiary alicyclic amines) is 1. The van der Waals surface area contributed by atoms with Crippen molar-refractivity contribution in [1.82, 2.24) is 10.2 Å². The van der Waals surface area contributed by atoms with Crippen molar-refractivity contribution in [3.05, 3.63) is 59.7 Å². The fourth-order valence-electron chi connectivity index (χ4n) is 6.64. The van der Waals surface area contributed by atoms with Crippen molar-refractivity contribution in [1.29, 1.82) is 0 Å². The van der Waals surface area contributed by atoms with Gasteiger partial charge in [-0.05, 0) is 80.7 Å². The number of nitrogens with zero attached hydrogens (tertiary/aromatic N) is 1. The Morgan fingerprint density at radius 2 is 1.50 bits per heavy atom. The summed E-state index contributed by atoms with van der Waals surface area (Å²) >= 11 is 0. The van der Waals surface area contributed by atoms with E-state index < -0.39 is 0 Å². The van der Waals surface area contributed by atoms with Gasteiger partial charge in [-0.3, -0.25) is 4.79 Å². The Hall–Kier alpha value is -2.13. The summed E-state index contributed by atoms with van der Waals surface area (Å²) in [5.41, 5.74) is 4.80. The Morgan fingerprint density at radius 3 is 2.12 bits per heavy atom. The van der Waals surface area contributed by atoms with Crippen molar-refractivity contribution in [3.8, 4) is 11.1 Å². The minimum absolute atomic E-state index is 0.279. The maximum atomic E-state index is 13.5. The molecule has 2 aromatic carbocycles. The van der Waals surface area contributed by atoms with Gasteiger partial charge in [0.15, 0.2) is 0 Å². The molecule has 1 saturated heterocycles. The first kappa shape index (κ1) is 23.6. The number of hydrogen-bond donors (Lipinski definition) is 1. The maximum absolute atomic E-state index is 13.5. The van der Waals surface area contributed by atoms with E-state index in [0.717, 1.165) is 51.0 Å². The second-order valence-corrected chi connectivity index (χ2v) is 11.1. The SMILES string of the molecule is CC1CCCN1CCc1ccc(-c2ccc(C3(C(=O)NC4CCCCC4)CCCC3)cc2)cc1. The summed E-state index contributed by atoms with van der Waals surface area (Å²) < 4.78 is 0. The van der Waals surface area contributed by atoms with Crippen LogP contribution >= 0.6 is 0 Å². The first-order valence-corrected chi connectivity index (χ1v) is 13.9. The molecule has 3 heteroatoms. The molecule has 1 atom stereocenters. The van der Waals surface area contributed by atoms with Gasteiger partial charge in [-0.25, -0.2) is 0 Å². The summed E-state index contributed by atoms with van der Waals surface area (Å²) in [4.78, 5) is 16.1. The molecule has 0 spiro atoms. The first-order chi connectivity index (χ1) is 16.6. The number of carbonyl (C=O) groups is 1. The Bertz CT molecular complexity index is 936. The normalized spacial score (nSPS) is 23.3. The molecule has 182 valence electrons. The minimum Gasteiger partial charge on any atom is -0.353 e. The molecule has 1 aliphatic heterocycles.